The van der Waals surface area contributed by atoms with Gasteiger partial charge in [0.1, 0.15) is 0 Å². The van der Waals surface area contributed by atoms with E-state index in [4.69, 9.17) is 10.5 Å². The lowest BCUT2D eigenvalue weighted by Gasteiger charge is -2.17. The highest BCUT2D eigenvalue weighted by Crippen LogP contribution is 2.28. The van der Waals surface area contributed by atoms with Crippen molar-refractivity contribution >= 4 is 6.09 Å². The largest absolute Gasteiger partial charge is 0.453 e. The van der Waals surface area contributed by atoms with Gasteiger partial charge in [0.15, 0.2) is 0 Å². The Labute approximate surface area is 101 Å². The molecular formula is C13H18N2O2. The van der Waals surface area contributed by atoms with Crippen LogP contribution < -0.4 is 5.73 Å². The number of hydrogen-bond donors (Lipinski definition) is 1. The number of rotatable bonds is 1. The number of carbonyl (C=O) groups excluding carboxylic acids is 1. The van der Waals surface area contributed by atoms with Crippen LogP contribution in [0.25, 0.3) is 0 Å². The van der Waals surface area contributed by atoms with Gasteiger partial charge >= 0.3 is 6.09 Å². The summed E-state index contributed by atoms with van der Waals surface area (Å²) >= 11 is 0. The molecule has 0 saturated carbocycles. The second-order valence-corrected chi connectivity index (χ2v) is 4.50. The molecular weight excluding hydrogens is 216 g/mol. The monoisotopic (exact) mass is 234 g/mol. The van der Waals surface area contributed by atoms with E-state index in [2.05, 4.69) is 19.1 Å². The summed E-state index contributed by atoms with van der Waals surface area (Å²) in [6.45, 7) is 3.27. The van der Waals surface area contributed by atoms with Crippen molar-refractivity contribution in [2.45, 2.75) is 18.9 Å². The Morgan fingerprint density at radius 2 is 2.12 bits per heavy atom. The number of aryl methyl sites for hydroxylation is 1. The van der Waals surface area contributed by atoms with Gasteiger partial charge in [0.25, 0.3) is 0 Å². The number of nitrogens with zero attached hydrogens (tertiary/aromatic N) is 1. The predicted molar refractivity (Wildman–Crippen MR) is 65.9 cm³/mol. The molecule has 4 nitrogen and oxygen atoms in total. The molecule has 2 N–H and O–H groups in total. The second-order valence-electron chi connectivity index (χ2n) is 4.50. The maximum absolute atomic E-state index is 11.5. The molecule has 1 aromatic rings. The van der Waals surface area contributed by atoms with Crippen LogP contribution in [0.2, 0.25) is 0 Å². The maximum atomic E-state index is 11.5. The van der Waals surface area contributed by atoms with E-state index in [0.29, 0.717) is 13.1 Å². The van der Waals surface area contributed by atoms with Crippen molar-refractivity contribution < 1.29 is 9.53 Å². The Morgan fingerprint density at radius 1 is 1.41 bits per heavy atom. The van der Waals surface area contributed by atoms with Crippen molar-refractivity contribution in [3.05, 3.63) is 35.4 Å². The zero-order valence-corrected chi connectivity index (χ0v) is 10.2. The van der Waals surface area contributed by atoms with Crippen molar-refractivity contribution in [2.75, 3.05) is 20.2 Å². The van der Waals surface area contributed by atoms with Crippen LogP contribution in [0.4, 0.5) is 4.79 Å². The van der Waals surface area contributed by atoms with Gasteiger partial charge in [0.05, 0.1) is 7.11 Å². The minimum absolute atomic E-state index is 0.0183. The van der Waals surface area contributed by atoms with Crippen LogP contribution in [-0.2, 0) is 4.74 Å². The Balaban J connectivity index is 2.19. The number of benzene rings is 1. The minimum atomic E-state index is -0.295. The zero-order chi connectivity index (χ0) is 12.4. The Hall–Kier alpha value is -1.55. The van der Waals surface area contributed by atoms with E-state index < -0.39 is 0 Å². The SMILES string of the molecule is COC(=O)N1CC(N)C(c2ccccc2C)C1. The molecule has 1 aliphatic heterocycles. The first kappa shape index (κ1) is 11.9. The summed E-state index contributed by atoms with van der Waals surface area (Å²) in [6, 6.07) is 8.16. The average molecular weight is 234 g/mol. The standard InChI is InChI=1S/C13H18N2O2/c1-9-5-3-4-6-10(9)11-7-15(8-12(11)14)13(16)17-2/h3-6,11-12H,7-8,14H2,1-2H3. The average Bonchev–Trinajstić information content (AvgIpc) is 2.71. The number of ether oxygens (including phenoxy) is 1. The molecule has 0 aromatic heterocycles. The fraction of sp³-hybridized carbons (Fsp3) is 0.462. The van der Waals surface area contributed by atoms with Crippen LogP contribution >= 0.6 is 0 Å². The van der Waals surface area contributed by atoms with E-state index in [1.807, 2.05) is 12.1 Å². The van der Waals surface area contributed by atoms with Crippen molar-refractivity contribution in [3.8, 4) is 0 Å². The molecule has 1 amide bonds. The molecule has 0 radical (unpaired) electrons. The van der Waals surface area contributed by atoms with Crippen LogP contribution in [0.15, 0.2) is 24.3 Å². The van der Waals surface area contributed by atoms with Crippen LogP contribution in [0, 0.1) is 6.92 Å². The fourth-order valence-corrected chi connectivity index (χ4v) is 2.44. The minimum Gasteiger partial charge on any atom is -0.453 e. The van der Waals surface area contributed by atoms with Gasteiger partial charge < -0.3 is 15.4 Å². The molecule has 2 rings (SSSR count). The molecule has 1 aliphatic rings. The van der Waals surface area contributed by atoms with Gasteiger partial charge in [-0.15, -0.1) is 0 Å². The predicted octanol–water partition coefficient (Wildman–Crippen LogP) is 1.49. The van der Waals surface area contributed by atoms with Gasteiger partial charge in [-0.25, -0.2) is 4.79 Å². The summed E-state index contributed by atoms with van der Waals surface area (Å²) in [5.41, 5.74) is 8.56. The normalized spacial score (nSPS) is 23.8. The van der Waals surface area contributed by atoms with E-state index in [0.717, 1.165) is 0 Å². The Kier molecular flexibility index (Phi) is 3.33. The van der Waals surface area contributed by atoms with Gasteiger partial charge in [0.2, 0.25) is 0 Å². The molecule has 1 fully saturated rings. The summed E-state index contributed by atoms with van der Waals surface area (Å²) in [6.07, 6.45) is -0.295. The van der Waals surface area contributed by atoms with Crippen LogP contribution in [0.1, 0.15) is 17.0 Å². The lowest BCUT2D eigenvalue weighted by Crippen LogP contribution is -2.32. The molecule has 0 bridgehead atoms. The summed E-state index contributed by atoms with van der Waals surface area (Å²) in [5.74, 6) is 0.204. The lowest BCUT2D eigenvalue weighted by atomic mass is 9.91. The molecule has 17 heavy (non-hydrogen) atoms. The summed E-state index contributed by atoms with van der Waals surface area (Å²) in [5, 5.41) is 0. The van der Waals surface area contributed by atoms with E-state index >= 15 is 0 Å². The highest BCUT2D eigenvalue weighted by atomic mass is 16.5. The van der Waals surface area contributed by atoms with Gasteiger partial charge in [-0.2, -0.15) is 0 Å². The molecule has 92 valence electrons. The van der Waals surface area contributed by atoms with Gasteiger partial charge in [-0.1, -0.05) is 24.3 Å². The van der Waals surface area contributed by atoms with Crippen LogP contribution in [0.5, 0.6) is 0 Å². The lowest BCUT2D eigenvalue weighted by molar-refractivity contribution is 0.132. The van der Waals surface area contributed by atoms with E-state index in [9.17, 15) is 4.79 Å². The maximum Gasteiger partial charge on any atom is 0.409 e. The summed E-state index contributed by atoms with van der Waals surface area (Å²) < 4.78 is 4.73. The third kappa shape index (κ3) is 2.26. The zero-order valence-electron chi connectivity index (χ0n) is 10.2. The fourth-order valence-electron chi connectivity index (χ4n) is 2.44. The highest BCUT2D eigenvalue weighted by molar-refractivity contribution is 5.68. The number of amides is 1. The first-order valence-electron chi connectivity index (χ1n) is 5.77. The molecule has 1 aromatic carbocycles. The third-order valence-corrected chi connectivity index (χ3v) is 3.39. The van der Waals surface area contributed by atoms with Crippen molar-refractivity contribution in [2.24, 2.45) is 5.73 Å². The summed E-state index contributed by atoms with van der Waals surface area (Å²) in [7, 11) is 1.40. The van der Waals surface area contributed by atoms with E-state index in [1.54, 1.807) is 4.90 Å². The molecule has 1 heterocycles. The smallest absolute Gasteiger partial charge is 0.409 e. The molecule has 0 spiro atoms. The number of carbonyl (C=O) groups is 1. The quantitative estimate of drug-likeness (QED) is 0.801. The number of nitrogens with two attached hydrogens (primary N) is 1. The van der Waals surface area contributed by atoms with Crippen molar-refractivity contribution in [3.63, 3.8) is 0 Å². The van der Waals surface area contributed by atoms with Crippen molar-refractivity contribution in [1.29, 1.82) is 0 Å². The van der Waals surface area contributed by atoms with E-state index in [-0.39, 0.29) is 18.1 Å². The molecule has 0 aliphatic carbocycles. The molecule has 2 unspecified atom stereocenters. The third-order valence-electron chi connectivity index (χ3n) is 3.39. The van der Waals surface area contributed by atoms with Crippen molar-refractivity contribution in [1.82, 2.24) is 4.90 Å². The van der Waals surface area contributed by atoms with Crippen LogP contribution in [0.3, 0.4) is 0 Å². The molecule has 1 saturated heterocycles. The van der Waals surface area contributed by atoms with E-state index in [1.165, 1.54) is 18.2 Å². The van der Waals surface area contributed by atoms with Gasteiger partial charge in [-0.3, -0.25) is 0 Å². The number of methoxy groups -OCH3 is 1. The highest BCUT2D eigenvalue weighted by Gasteiger charge is 2.34. The Morgan fingerprint density at radius 3 is 2.76 bits per heavy atom. The first-order valence-corrected chi connectivity index (χ1v) is 5.77. The second kappa shape index (κ2) is 4.75. The number of hydrogen-bond acceptors (Lipinski definition) is 3. The van der Waals surface area contributed by atoms with Gasteiger partial charge in [-0.05, 0) is 18.1 Å². The first-order chi connectivity index (χ1) is 8.13. The summed E-state index contributed by atoms with van der Waals surface area (Å²) in [4.78, 5) is 13.1. The topological polar surface area (TPSA) is 55.6 Å². The molecule has 4 heteroatoms. The Bertz CT molecular complexity index is 420. The van der Waals surface area contributed by atoms with Gasteiger partial charge in [0, 0.05) is 25.0 Å². The number of likely N-dealkylation sites (tertiary alicyclic amines) is 1. The van der Waals surface area contributed by atoms with Crippen LogP contribution in [-0.4, -0.2) is 37.2 Å². The molecule has 2 atom stereocenters.